The van der Waals surface area contributed by atoms with E-state index >= 15 is 0 Å². The summed E-state index contributed by atoms with van der Waals surface area (Å²) in [5.74, 6) is 0. The zero-order valence-corrected chi connectivity index (χ0v) is 16.2. The molecule has 1 heterocycles. The number of rotatable bonds is 3. The Morgan fingerprint density at radius 1 is 0.630 bits per heavy atom. The van der Waals surface area contributed by atoms with Crippen LogP contribution in [0, 0.1) is 13.8 Å². The first-order chi connectivity index (χ1) is 13.1. The minimum Gasteiger partial charge on any atom is -0.256 e. The van der Waals surface area contributed by atoms with Gasteiger partial charge in [-0.25, -0.2) is 0 Å². The molecule has 27 heavy (non-hydrogen) atoms. The molecule has 0 aliphatic rings. The maximum atomic E-state index is 6.02. The summed E-state index contributed by atoms with van der Waals surface area (Å²) >= 11 is 6.02. The standard InChI is InChI=1S/C25H20ClN/c1-17-14-21(19-6-4-3-5-7-19)10-13-23(17)24-15-25(27-16-18(24)2)20-8-11-22(26)12-9-20/h3-16H,1-2H3. The predicted octanol–water partition coefficient (Wildman–Crippen LogP) is 7.35. The smallest absolute Gasteiger partial charge is 0.0708 e. The summed E-state index contributed by atoms with van der Waals surface area (Å²) in [6.45, 7) is 4.28. The quantitative estimate of drug-likeness (QED) is 0.367. The summed E-state index contributed by atoms with van der Waals surface area (Å²) in [6, 6.07) is 27.1. The van der Waals surface area contributed by atoms with Crippen molar-refractivity contribution < 1.29 is 0 Å². The molecule has 1 aromatic heterocycles. The zero-order valence-electron chi connectivity index (χ0n) is 15.4. The van der Waals surface area contributed by atoms with Crippen molar-refractivity contribution in [3.8, 4) is 33.5 Å². The first-order valence-corrected chi connectivity index (χ1v) is 9.38. The minimum atomic E-state index is 0.735. The van der Waals surface area contributed by atoms with E-state index in [1.165, 1.54) is 33.4 Å². The fourth-order valence-electron chi connectivity index (χ4n) is 3.37. The van der Waals surface area contributed by atoms with Crippen LogP contribution in [0.5, 0.6) is 0 Å². The zero-order chi connectivity index (χ0) is 18.8. The molecular formula is C25H20ClN. The van der Waals surface area contributed by atoms with E-state index in [1.54, 1.807) is 0 Å². The van der Waals surface area contributed by atoms with Crippen molar-refractivity contribution in [3.63, 3.8) is 0 Å². The fraction of sp³-hybridized carbons (Fsp3) is 0.0800. The lowest BCUT2D eigenvalue weighted by molar-refractivity contribution is 1.26. The molecule has 0 radical (unpaired) electrons. The topological polar surface area (TPSA) is 12.9 Å². The molecule has 0 N–H and O–H groups in total. The number of aryl methyl sites for hydroxylation is 2. The van der Waals surface area contributed by atoms with Crippen molar-refractivity contribution in [1.29, 1.82) is 0 Å². The number of nitrogens with zero attached hydrogens (tertiary/aromatic N) is 1. The highest BCUT2D eigenvalue weighted by Crippen LogP contribution is 2.32. The Labute approximate surface area is 165 Å². The summed E-state index contributed by atoms with van der Waals surface area (Å²) in [5.41, 5.74) is 9.38. The molecule has 4 rings (SSSR count). The first-order valence-electron chi connectivity index (χ1n) is 9.01. The second-order valence-corrected chi connectivity index (χ2v) is 7.22. The third-order valence-electron chi connectivity index (χ3n) is 4.87. The second-order valence-electron chi connectivity index (χ2n) is 6.79. The van der Waals surface area contributed by atoms with Crippen LogP contribution in [0.2, 0.25) is 5.02 Å². The number of hydrogen-bond acceptors (Lipinski definition) is 1. The lowest BCUT2D eigenvalue weighted by atomic mass is 9.93. The average Bonchev–Trinajstić information content (AvgIpc) is 2.70. The van der Waals surface area contributed by atoms with Gasteiger partial charge in [-0.15, -0.1) is 0 Å². The molecule has 0 saturated carbocycles. The Kier molecular flexibility index (Phi) is 4.79. The van der Waals surface area contributed by atoms with Crippen LogP contribution < -0.4 is 0 Å². The highest BCUT2D eigenvalue weighted by atomic mass is 35.5. The third-order valence-corrected chi connectivity index (χ3v) is 5.12. The van der Waals surface area contributed by atoms with E-state index in [2.05, 4.69) is 67.4 Å². The van der Waals surface area contributed by atoms with Crippen molar-refractivity contribution in [2.24, 2.45) is 0 Å². The molecule has 0 amide bonds. The molecule has 0 fully saturated rings. The minimum absolute atomic E-state index is 0.735. The van der Waals surface area contributed by atoms with Gasteiger partial charge in [-0.05, 0) is 65.4 Å². The van der Waals surface area contributed by atoms with Crippen LogP contribution >= 0.6 is 11.6 Å². The van der Waals surface area contributed by atoms with Crippen LogP contribution in [0.25, 0.3) is 33.5 Å². The van der Waals surface area contributed by atoms with E-state index < -0.39 is 0 Å². The number of hydrogen-bond donors (Lipinski definition) is 0. The molecule has 3 aromatic carbocycles. The van der Waals surface area contributed by atoms with Gasteiger partial charge < -0.3 is 0 Å². The lowest BCUT2D eigenvalue weighted by Gasteiger charge is -2.13. The molecule has 0 atom stereocenters. The summed E-state index contributed by atoms with van der Waals surface area (Å²) in [4.78, 5) is 4.62. The van der Waals surface area contributed by atoms with Crippen LogP contribution in [-0.4, -0.2) is 4.98 Å². The van der Waals surface area contributed by atoms with Crippen LogP contribution in [0.15, 0.2) is 85.1 Å². The first kappa shape index (κ1) is 17.5. The van der Waals surface area contributed by atoms with Gasteiger partial charge in [0.25, 0.3) is 0 Å². The largest absolute Gasteiger partial charge is 0.256 e. The van der Waals surface area contributed by atoms with Gasteiger partial charge in [-0.2, -0.15) is 0 Å². The highest BCUT2D eigenvalue weighted by Gasteiger charge is 2.10. The lowest BCUT2D eigenvalue weighted by Crippen LogP contribution is -1.92. The van der Waals surface area contributed by atoms with Crippen molar-refractivity contribution >= 4 is 11.6 Å². The van der Waals surface area contributed by atoms with Crippen molar-refractivity contribution in [3.05, 3.63) is 101 Å². The molecule has 0 bridgehead atoms. The normalized spacial score (nSPS) is 10.8. The van der Waals surface area contributed by atoms with E-state index in [9.17, 15) is 0 Å². The van der Waals surface area contributed by atoms with Crippen molar-refractivity contribution in [2.75, 3.05) is 0 Å². The van der Waals surface area contributed by atoms with Crippen LogP contribution in [0.3, 0.4) is 0 Å². The highest BCUT2D eigenvalue weighted by molar-refractivity contribution is 6.30. The summed E-state index contributed by atoms with van der Waals surface area (Å²) in [5, 5.41) is 0.735. The monoisotopic (exact) mass is 369 g/mol. The Balaban J connectivity index is 1.77. The van der Waals surface area contributed by atoms with Crippen LogP contribution in [0.1, 0.15) is 11.1 Å². The maximum Gasteiger partial charge on any atom is 0.0708 e. The average molecular weight is 370 g/mol. The number of pyridine rings is 1. The summed E-state index contributed by atoms with van der Waals surface area (Å²) < 4.78 is 0. The van der Waals surface area contributed by atoms with Gasteiger partial charge in [0.2, 0.25) is 0 Å². The van der Waals surface area contributed by atoms with Gasteiger partial charge in [0.15, 0.2) is 0 Å². The van der Waals surface area contributed by atoms with E-state index in [0.717, 1.165) is 16.3 Å². The molecule has 0 aliphatic heterocycles. The van der Waals surface area contributed by atoms with Crippen LogP contribution in [-0.2, 0) is 0 Å². The van der Waals surface area contributed by atoms with E-state index in [1.807, 2.05) is 36.5 Å². The molecule has 2 heteroatoms. The van der Waals surface area contributed by atoms with Crippen molar-refractivity contribution in [2.45, 2.75) is 13.8 Å². The molecule has 4 aromatic rings. The molecule has 0 spiro atoms. The molecule has 132 valence electrons. The number of aromatic nitrogens is 1. The SMILES string of the molecule is Cc1cc(-c2ccccc2)ccc1-c1cc(-c2ccc(Cl)cc2)ncc1C. The van der Waals surface area contributed by atoms with E-state index in [-0.39, 0.29) is 0 Å². The Hall–Kier alpha value is -2.90. The molecule has 0 saturated heterocycles. The molecule has 0 unspecified atom stereocenters. The van der Waals surface area contributed by atoms with Gasteiger partial charge >= 0.3 is 0 Å². The van der Waals surface area contributed by atoms with Gasteiger partial charge in [-0.1, -0.05) is 72.3 Å². The van der Waals surface area contributed by atoms with Crippen molar-refractivity contribution in [1.82, 2.24) is 4.98 Å². The van der Waals surface area contributed by atoms with Crippen LogP contribution in [0.4, 0.5) is 0 Å². The second kappa shape index (κ2) is 7.38. The van der Waals surface area contributed by atoms with E-state index in [4.69, 9.17) is 11.6 Å². The third kappa shape index (κ3) is 3.65. The number of benzene rings is 3. The Morgan fingerprint density at radius 2 is 1.33 bits per heavy atom. The Bertz CT molecular complexity index is 1080. The Morgan fingerprint density at radius 3 is 2.04 bits per heavy atom. The van der Waals surface area contributed by atoms with Gasteiger partial charge in [0.1, 0.15) is 0 Å². The molecule has 0 aliphatic carbocycles. The van der Waals surface area contributed by atoms with Gasteiger partial charge in [0, 0.05) is 16.8 Å². The molecule has 1 nitrogen and oxygen atoms in total. The van der Waals surface area contributed by atoms with Gasteiger partial charge in [-0.3, -0.25) is 4.98 Å². The summed E-state index contributed by atoms with van der Waals surface area (Å²) in [6.07, 6.45) is 1.95. The fourth-order valence-corrected chi connectivity index (χ4v) is 3.49. The predicted molar refractivity (Wildman–Crippen MR) is 115 cm³/mol. The molecular weight excluding hydrogens is 350 g/mol. The van der Waals surface area contributed by atoms with Gasteiger partial charge in [0.05, 0.1) is 5.69 Å². The maximum absolute atomic E-state index is 6.02. The number of halogens is 1. The summed E-state index contributed by atoms with van der Waals surface area (Å²) in [7, 11) is 0. The van der Waals surface area contributed by atoms with E-state index in [0.29, 0.717) is 0 Å².